The van der Waals surface area contributed by atoms with Crippen LogP contribution in [0.4, 0.5) is 13.2 Å². The summed E-state index contributed by atoms with van der Waals surface area (Å²) in [6, 6.07) is 12.4. The quantitative estimate of drug-likeness (QED) is 0.582. The molecular formula is C20H12F3N. The fourth-order valence-electron chi connectivity index (χ4n) is 2.17. The number of hydrogen-bond acceptors (Lipinski definition) is 1. The molecule has 0 spiro atoms. The van der Waals surface area contributed by atoms with Crippen molar-refractivity contribution in [1.82, 2.24) is 4.98 Å². The fourth-order valence-corrected chi connectivity index (χ4v) is 2.17. The molecule has 1 aromatic heterocycles. The SMILES string of the molecule is Cc1ccc(-c2ccc(C#Cc3ccccc3F)cn2)c(F)c1F. The highest BCUT2D eigenvalue weighted by molar-refractivity contribution is 5.61. The number of aryl methyl sites for hydroxylation is 1. The predicted molar refractivity (Wildman–Crippen MR) is 86.7 cm³/mol. The van der Waals surface area contributed by atoms with E-state index in [1.54, 1.807) is 30.3 Å². The van der Waals surface area contributed by atoms with E-state index in [1.165, 1.54) is 31.3 Å². The predicted octanol–water partition coefficient (Wildman–Crippen LogP) is 4.87. The minimum Gasteiger partial charge on any atom is -0.255 e. The van der Waals surface area contributed by atoms with Crippen LogP contribution < -0.4 is 0 Å². The Hall–Kier alpha value is -3.06. The Morgan fingerprint density at radius 2 is 1.62 bits per heavy atom. The van der Waals surface area contributed by atoms with Crippen molar-refractivity contribution in [3.63, 3.8) is 0 Å². The maximum atomic E-state index is 14.0. The zero-order valence-corrected chi connectivity index (χ0v) is 12.8. The average molecular weight is 323 g/mol. The molecule has 0 unspecified atom stereocenters. The summed E-state index contributed by atoms with van der Waals surface area (Å²) >= 11 is 0. The van der Waals surface area contributed by atoms with Gasteiger partial charge in [0.1, 0.15) is 5.82 Å². The first-order valence-corrected chi connectivity index (χ1v) is 7.24. The largest absolute Gasteiger partial charge is 0.255 e. The van der Waals surface area contributed by atoms with Crippen molar-refractivity contribution in [2.45, 2.75) is 6.92 Å². The van der Waals surface area contributed by atoms with Crippen molar-refractivity contribution in [2.24, 2.45) is 0 Å². The molecule has 4 heteroatoms. The summed E-state index contributed by atoms with van der Waals surface area (Å²) in [4.78, 5) is 4.11. The third-order valence-corrected chi connectivity index (χ3v) is 3.53. The van der Waals surface area contributed by atoms with Crippen LogP contribution in [0.15, 0.2) is 54.7 Å². The van der Waals surface area contributed by atoms with E-state index in [9.17, 15) is 13.2 Å². The highest BCUT2D eigenvalue weighted by Crippen LogP contribution is 2.24. The van der Waals surface area contributed by atoms with E-state index in [0.29, 0.717) is 11.3 Å². The molecule has 1 heterocycles. The van der Waals surface area contributed by atoms with Gasteiger partial charge in [-0.2, -0.15) is 0 Å². The molecule has 1 nitrogen and oxygen atoms in total. The Kier molecular flexibility index (Phi) is 4.35. The molecule has 0 N–H and O–H groups in total. The van der Waals surface area contributed by atoms with Crippen LogP contribution in [0, 0.1) is 36.2 Å². The molecule has 0 saturated heterocycles. The molecule has 0 aliphatic carbocycles. The van der Waals surface area contributed by atoms with E-state index >= 15 is 0 Å². The van der Waals surface area contributed by atoms with Gasteiger partial charge in [-0.3, -0.25) is 4.98 Å². The zero-order chi connectivity index (χ0) is 17.1. The number of aromatic nitrogens is 1. The molecule has 0 bridgehead atoms. The van der Waals surface area contributed by atoms with Gasteiger partial charge in [0, 0.05) is 17.3 Å². The number of nitrogens with zero attached hydrogens (tertiary/aromatic N) is 1. The van der Waals surface area contributed by atoms with Crippen LogP contribution in [-0.2, 0) is 0 Å². The smallest absolute Gasteiger partial charge is 0.168 e. The van der Waals surface area contributed by atoms with Crippen LogP contribution in [0.3, 0.4) is 0 Å². The Bertz CT molecular complexity index is 951. The van der Waals surface area contributed by atoms with E-state index in [2.05, 4.69) is 16.8 Å². The molecule has 0 atom stereocenters. The highest BCUT2D eigenvalue weighted by Gasteiger charge is 2.13. The molecule has 2 aromatic carbocycles. The van der Waals surface area contributed by atoms with E-state index in [0.717, 1.165) is 0 Å². The minimum absolute atomic E-state index is 0.0895. The van der Waals surface area contributed by atoms with Crippen LogP contribution in [0.2, 0.25) is 0 Å². The van der Waals surface area contributed by atoms with Crippen LogP contribution in [0.25, 0.3) is 11.3 Å². The third kappa shape index (κ3) is 3.16. The molecule has 0 aliphatic rings. The lowest BCUT2D eigenvalue weighted by atomic mass is 10.1. The van der Waals surface area contributed by atoms with Crippen molar-refractivity contribution < 1.29 is 13.2 Å². The number of pyridine rings is 1. The topological polar surface area (TPSA) is 12.9 Å². The molecule has 24 heavy (non-hydrogen) atoms. The van der Waals surface area contributed by atoms with Gasteiger partial charge in [0.25, 0.3) is 0 Å². The van der Waals surface area contributed by atoms with Gasteiger partial charge < -0.3 is 0 Å². The first kappa shape index (κ1) is 15.8. The van der Waals surface area contributed by atoms with E-state index in [4.69, 9.17) is 0 Å². The van der Waals surface area contributed by atoms with Crippen molar-refractivity contribution in [3.8, 4) is 23.1 Å². The third-order valence-electron chi connectivity index (χ3n) is 3.53. The van der Waals surface area contributed by atoms with Crippen LogP contribution in [0.5, 0.6) is 0 Å². The highest BCUT2D eigenvalue weighted by atomic mass is 19.2. The lowest BCUT2D eigenvalue weighted by molar-refractivity contribution is 0.505. The first-order chi connectivity index (χ1) is 11.6. The number of benzene rings is 2. The molecule has 3 aromatic rings. The van der Waals surface area contributed by atoms with Crippen LogP contribution in [-0.4, -0.2) is 4.98 Å². The van der Waals surface area contributed by atoms with Crippen LogP contribution >= 0.6 is 0 Å². The van der Waals surface area contributed by atoms with Gasteiger partial charge in [0.05, 0.1) is 11.3 Å². The van der Waals surface area contributed by atoms with Crippen molar-refractivity contribution in [3.05, 3.63) is 88.9 Å². The van der Waals surface area contributed by atoms with E-state index < -0.39 is 17.5 Å². The Labute approximate surface area is 137 Å². The second-order valence-corrected chi connectivity index (χ2v) is 5.22. The van der Waals surface area contributed by atoms with Gasteiger partial charge >= 0.3 is 0 Å². The minimum atomic E-state index is -0.923. The summed E-state index contributed by atoms with van der Waals surface area (Å²) in [5.41, 5.74) is 1.47. The molecular weight excluding hydrogens is 311 g/mol. The number of halogens is 3. The summed E-state index contributed by atoms with van der Waals surface area (Å²) < 4.78 is 41.1. The van der Waals surface area contributed by atoms with Crippen molar-refractivity contribution in [1.29, 1.82) is 0 Å². The molecule has 3 rings (SSSR count). The maximum Gasteiger partial charge on any atom is 0.168 e. The van der Waals surface area contributed by atoms with Gasteiger partial charge in [-0.05, 0) is 42.8 Å². The lowest BCUT2D eigenvalue weighted by Crippen LogP contribution is -1.94. The molecule has 118 valence electrons. The summed E-state index contributed by atoms with van der Waals surface area (Å²) in [5.74, 6) is 3.32. The molecule has 0 radical (unpaired) electrons. The molecule has 0 aliphatic heterocycles. The van der Waals surface area contributed by atoms with Gasteiger partial charge in [0.2, 0.25) is 0 Å². The summed E-state index contributed by atoms with van der Waals surface area (Å²) in [6.07, 6.45) is 1.44. The zero-order valence-electron chi connectivity index (χ0n) is 12.8. The van der Waals surface area contributed by atoms with Gasteiger partial charge in [-0.25, -0.2) is 13.2 Å². The second-order valence-electron chi connectivity index (χ2n) is 5.22. The Morgan fingerprint density at radius 1 is 0.833 bits per heavy atom. The van der Waals surface area contributed by atoms with Gasteiger partial charge in [-0.15, -0.1) is 0 Å². The Morgan fingerprint density at radius 3 is 2.33 bits per heavy atom. The Balaban J connectivity index is 1.90. The van der Waals surface area contributed by atoms with Crippen molar-refractivity contribution in [2.75, 3.05) is 0 Å². The summed E-state index contributed by atoms with van der Waals surface area (Å²) in [7, 11) is 0. The van der Waals surface area contributed by atoms with Crippen molar-refractivity contribution >= 4 is 0 Å². The second kappa shape index (κ2) is 6.59. The van der Waals surface area contributed by atoms with Gasteiger partial charge in [-0.1, -0.05) is 30.0 Å². The fraction of sp³-hybridized carbons (Fsp3) is 0.0500. The number of rotatable bonds is 1. The number of hydrogen-bond donors (Lipinski definition) is 0. The van der Waals surface area contributed by atoms with Crippen LogP contribution in [0.1, 0.15) is 16.7 Å². The first-order valence-electron chi connectivity index (χ1n) is 7.24. The molecule has 0 fully saturated rings. The van der Waals surface area contributed by atoms with E-state index in [1.807, 2.05) is 0 Å². The van der Waals surface area contributed by atoms with E-state index in [-0.39, 0.29) is 16.7 Å². The molecule has 0 amide bonds. The standard InChI is InChI=1S/C20H12F3N/c1-13-6-10-16(20(23)19(13)22)18-11-8-14(12-24-18)7-9-15-4-2-3-5-17(15)21/h2-6,8,10-12H,1H3. The molecule has 0 saturated carbocycles. The monoisotopic (exact) mass is 323 g/mol. The lowest BCUT2D eigenvalue weighted by Gasteiger charge is -2.05. The summed E-state index contributed by atoms with van der Waals surface area (Å²) in [5, 5.41) is 0. The normalized spacial score (nSPS) is 10.2. The maximum absolute atomic E-state index is 14.0. The average Bonchev–Trinajstić information content (AvgIpc) is 2.60. The summed E-state index contributed by atoms with van der Waals surface area (Å²) in [6.45, 7) is 1.50. The van der Waals surface area contributed by atoms with Gasteiger partial charge in [0.15, 0.2) is 11.6 Å².